The summed E-state index contributed by atoms with van der Waals surface area (Å²) in [6, 6.07) is 3.31. The third-order valence-corrected chi connectivity index (χ3v) is 3.72. The van der Waals surface area contributed by atoms with Gasteiger partial charge < -0.3 is 18.9 Å². The zero-order valence-corrected chi connectivity index (χ0v) is 18.3. The minimum absolute atomic E-state index is 0.111. The number of pyridine rings is 1. The van der Waals surface area contributed by atoms with E-state index in [1.165, 1.54) is 6.20 Å². The zero-order chi connectivity index (χ0) is 21.8. The van der Waals surface area contributed by atoms with Crippen LogP contribution in [0.15, 0.2) is 18.3 Å². The molecule has 1 aromatic heterocycles. The summed E-state index contributed by atoms with van der Waals surface area (Å²) < 4.78 is 48.0. The fraction of sp³-hybridized carbons (Fsp3) is 0.684. The molecule has 0 saturated heterocycles. The van der Waals surface area contributed by atoms with Crippen LogP contribution in [0.5, 0.6) is 5.75 Å². The van der Waals surface area contributed by atoms with Gasteiger partial charge in [0, 0.05) is 13.0 Å². The molecule has 10 heteroatoms. The predicted molar refractivity (Wildman–Crippen MR) is 106 cm³/mol. The van der Waals surface area contributed by atoms with E-state index < -0.39 is 15.7 Å². The minimum atomic E-state index is -3.49. The van der Waals surface area contributed by atoms with Crippen LogP contribution in [-0.2, 0) is 39.9 Å². The molecule has 0 aliphatic heterocycles. The van der Waals surface area contributed by atoms with Crippen molar-refractivity contribution in [2.24, 2.45) is 0 Å². The Morgan fingerprint density at radius 3 is 2.28 bits per heavy atom. The molecule has 29 heavy (non-hydrogen) atoms. The van der Waals surface area contributed by atoms with Crippen LogP contribution in [0, 0.1) is 0 Å². The Morgan fingerprint density at radius 2 is 1.69 bits per heavy atom. The molecule has 9 nitrogen and oxygen atoms in total. The van der Waals surface area contributed by atoms with Crippen molar-refractivity contribution in [2.75, 3.05) is 39.3 Å². The maximum absolute atomic E-state index is 11.5. The van der Waals surface area contributed by atoms with Crippen LogP contribution < -0.4 is 4.74 Å². The maximum atomic E-state index is 11.5. The molecule has 0 atom stereocenters. The molecule has 0 spiro atoms. The molecular weight excluding hydrogens is 402 g/mol. The summed E-state index contributed by atoms with van der Waals surface area (Å²) in [5, 5.41) is 0. The minimum Gasteiger partial charge on any atom is -0.490 e. The number of ether oxygens (including phenoxy) is 4. The molecular formula is C19H31NO8S. The third kappa shape index (κ3) is 14.8. The van der Waals surface area contributed by atoms with E-state index in [1.807, 2.05) is 20.8 Å². The highest BCUT2D eigenvalue weighted by atomic mass is 32.2. The Morgan fingerprint density at radius 1 is 1.03 bits per heavy atom. The zero-order valence-electron chi connectivity index (χ0n) is 17.5. The number of hydrogen-bond donors (Lipinski definition) is 0. The molecule has 0 aromatic carbocycles. The fourth-order valence-electron chi connectivity index (χ4n) is 2.00. The van der Waals surface area contributed by atoms with Gasteiger partial charge in [-0.2, -0.15) is 8.42 Å². The first-order chi connectivity index (χ1) is 13.6. The van der Waals surface area contributed by atoms with E-state index in [0.29, 0.717) is 57.3 Å². The van der Waals surface area contributed by atoms with Gasteiger partial charge in [-0.25, -0.2) is 0 Å². The van der Waals surface area contributed by atoms with Gasteiger partial charge in [0.05, 0.1) is 38.0 Å². The van der Waals surface area contributed by atoms with E-state index in [0.717, 1.165) is 6.26 Å². The van der Waals surface area contributed by atoms with E-state index in [1.54, 1.807) is 12.1 Å². The molecule has 1 heterocycles. The predicted octanol–water partition coefficient (Wildman–Crippen LogP) is 2.09. The normalized spacial score (nSPS) is 12.0. The van der Waals surface area contributed by atoms with Crippen LogP contribution in [0.1, 0.15) is 39.3 Å². The maximum Gasteiger partial charge on any atom is 0.306 e. The second-order valence-corrected chi connectivity index (χ2v) is 8.86. The Balaban J connectivity index is 2.00. The fourth-order valence-corrected chi connectivity index (χ4v) is 2.34. The number of carbonyl (C=O) groups is 1. The second kappa shape index (κ2) is 12.7. The Kier molecular flexibility index (Phi) is 11.1. The highest BCUT2D eigenvalue weighted by molar-refractivity contribution is 7.85. The van der Waals surface area contributed by atoms with Crippen molar-refractivity contribution in [3.8, 4) is 5.75 Å². The number of rotatable bonds is 14. The first-order valence-corrected chi connectivity index (χ1v) is 11.2. The molecule has 0 aliphatic rings. The van der Waals surface area contributed by atoms with Gasteiger partial charge in [0.15, 0.2) is 0 Å². The summed E-state index contributed by atoms with van der Waals surface area (Å²) >= 11 is 0. The van der Waals surface area contributed by atoms with Crippen molar-refractivity contribution in [1.82, 2.24) is 4.98 Å². The van der Waals surface area contributed by atoms with Gasteiger partial charge in [-0.3, -0.25) is 14.0 Å². The average Bonchev–Trinajstić information content (AvgIpc) is 2.60. The van der Waals surface area contributed by atoms with Gasteiger partial charge in [-0.15, -0.1) is 0 Å². The van der Waals surface area contributed by atoms with Crippen molar-refractivity contribution < 1.29 is 36.3 Å². The lowest BCUT2D eigenvalue weighted by Crippen LogP contribution is -2.23. The van der Waals surface area contributed by atoms with Crippen LogP contribution in [0.25, 0.3) is 0 Å². The Hall–Kier alpha value is -1.75. The van der Waals surface area contributed by atoms with Crippen molar-refractivity contribution in [1.29, 1.82) is 0 Å². The Bertz CT molecular complexity index is 698. The van der Waals surface area contributed by atoms with Crippen molar-refractivity contribution in [3.63, 3.8) is 0 Å². The number of esters is 1. The molecule has 0 unspecified atom stereocenters. The van der Waals surface area contributed by atoms with Crippen molar-refractivity contribution in [3.05, 3.63) is 24.0 Å². The standard InChI is InChI=1S/C19H31NO8S/c1-19(2,3)28-18(21)6-5-9-24-10-11-25-12-13-26-17-8-7-16(20-14-17)15-27-29(4,22)23/h7-8,14H,5-6,9-13,15H2,1-4H3. The molecule has 0 aliphatic carbocycles. The van der Waals surface area contributed by atoms with Crippen molar-refractivity contribution >= 4 is 16.1 Å². The molecule has 0 saturated carbocycles. The molecule has 0 amide bonds. The number of hydrogen-bond acceptors (Lipinski definition) is 9. The van der Waals surface area contributed by atoms with Gasteiger partial charge in [0.2, 0.25) is 0 Å². The quantitative estimate of drug-likeness (QED) is 0.247. The van der Waals surface area contributed by atoms with Gasteiger partial charge in [0.25, 0.3) is 10.1 Å². The first kappa shape index (κ1) is 25.3. The van der Waals surface area contributed by atoms with Crippen LogP contribution in [0.4, 0.5) is 0 Å². The first-order valence-electron chi connectivity index (χ1n) is 9.35. The molecule has 166 valence electrons. The van der Waals surface area contributed by atoms with E-state index in [2.05, 4.69) is 9.17 Å². The average molecular weight is 434 g/mol. The van der Waals surface area contributed by atoms with E-state index >= 15 is 0 Å². The van der Waals surface area contributed by atoms with Crippen LogP contribution in [0.3, 0.4) is 0 Å². The Labute approximate surface area is 172 Å². The van der Waals surface area contributed by atoms with Gasteiger partial charge in [-0.05, 0) is 39.3 Å². The number of aromatic nitrogens is 1. The van der Waals surface area contributed by atoms with Gasteiger partial charge >= 0.3 is 5.97 Å². The summed E-state index contributed by atoms with van der Waals surface area (Å²) in [4.78, 5) is 15.6. The summed E-state index contributed by atoms with van der Waals surface area (Å²) in [6.07, 6.45) is 3.42. The second-order valence-electron chi connectivity index (χ2n) is 7.21. The molecule has 0 fully saturated rings. The molecule has 0 N–H and O–H groups in total. The summed E-state index contributed by atoms with van der Waals surface area (Å²) in [6.45, 7) is 7.47. The summed E-state index contributed by atoms with van der Waals surface area (Å²) in [5.74, 6) is 0.329. The highest BCUT2D eigenvalue weighted by Gasteiger charge is 2.15. The molecule has 0 bridgehead atoms. The molecule has 1 rings (SSSR count). The number of nitrogens with zero attached hydrogens (tertiary/aromatic N) is 1. The highest BCUT2D eigenvalue weighted by Crippen LogP contribution is 2.10. The lowest BCUT2D eigenvalue weighted by atomic mass is 10.2. The van der Waals surface area contributed by atoms with E-state index in [-0.39, 0.29) is 12.6 Å². The largest absolute Gasteiger partial charge is 0.490 e. The van der Waals surface area contributed by atoms with Gasteiger partial charge in [0.1, 0.15) is 24.6 Å². The monoisotopic (exact) mass is 433 g/mol. The van der Waals surface area contributed by atoms with Crippen LogP contribution in [-0.4, -0.2) is 64.3 Å². The molecule has 0 radical (unpaired) electrons. The topological polar surface area (TPSA) is 110 Å². The summed E-state index contributed by atoms with van der Waals surface area (Å²) in [7, 11) is -3.49. The smallest absolute Gasteiger partial charge is 0.306 e. The van der Waals surface area contributed by atoms with Gasteiger partial charge in [-0.1, -0.05) is 0 Å². The number of carbonyl (C=O) groups excluding carboxylic acids is 1. The van der Waals surface area contributed by atoms with E-state index in [4.69, 9.17) is 18.9 Å². The SMILES string of the molecule is CC(C)(C)OC(=O)CCCOCCOCCOc1ccc(COS(C)(=O)=O)nc1. The van der Waals surface area contributed by atoms with E-state index in [9.17, 15) is 13.2 Å². The van der Waals surface area contributed by atoms with Crippen LogP contribution in [0.2, 0.25) is 0 Å². The lowest BCUT2D eigenvalue weighted by Gasteiger charge is -2.19. The third-order valence-electron chi connectivity index (χ3n) is 3.18. The lowest BCUT2D eigenvalue weighted by molar-refractivity contribution is -0.155. The molecule has 1 aromatic rings. The summed E-state index contributed by atoms with van der Waals surface area (Å²) in [5.41, 5.74) is 0.0290. The van der Waals surface area contributed by atoms with Crippen molar-refractivity contribution in [2.45, 2.75) is 45.8 Å². The van der Waals surface area contributed by atoms with Crippen LogP contribution >= 0.6 is 0 Å².